The first-order chi connectivity index (χ1) is 8.22. The van der Waals surface area contributed by atoms with Crippen LogP contribution in [0.2, 0.25) is 0 Å². The monoisotopic (exact) mass is 240 g/mol. The first kappa shape index (κ1) is 15.0. The topological polar surface area (TPSA) is 15.3 Å². The molecule has 1 saturated carbocycles. The molecule has 1 atom stereocenters. The van der Waals surface area contributed by atoms with E-state index in [1.807, 2.05) is 0 Å². The van der Waals surface area contributed by atoms with Gasteiger partial charge in [-0.1, -0.05) is 32.6 Å². The van der Waals surface area contributed by atoms with Crippen molar-refractivity contribution in [1.29, 1.82) is 0 Å². The van der Waals surface area contributed by atoms with E-state index in [0.29, 0.717) is 6.04 Å². The van der Waals surface area contributed by atoms with Gasteiger partial charge in [-0.25, -0.2) is 0 Å². The molecule has 0 amide bonds. The van der Waals surface area contributed by atoms with Crippen molar-refractivity contribution in [2.45, 2.75) is 64.8 Å². The van der Waals surface area contributed by atoms with Crippen LogP contribution in [0.25, 0.3) is 0 Å². The summed E-state index contributed by atoms with van der Waals surface area (Å²) in [6.07, 6.45) is 9.81. The van der Waals surface area contributed by atoms with E-state index in [-0.39, 0.29) is 0 Å². The molecular weight excluding hydrogens is 208 g/mol. The second-order valence-corrected chi connectivity index (χ2v) is 5.91. The highest BCUT2D eigenvalue weighted by Crippen LogP contribution is 2.26. The van der Waals surface area contributed by atoms with Crippen molar-refractivity contribution in [3.8, 4) is 0 Å². The van der Waals surface area contributed by atoms with Crippen LogP contribution in [0.3, 0.4) is 0 Å². The van der Waals surface area contributed by atoms with Gasteiger partial charge in [0, 0.05) is 25.7 Å². The van der Waals surface area contributed by atoms with Crippen molar-refractivity contribution in [3.05, 3.63) is 0 Å². The van der Waals surface area contributed by atoms with Gasteiger partial charge in [-0.3, -0.25) is 0 Å². The van der Waals surface area contributed by atoms with Gasteiger partial charge >= 0.3 is 0 Å². The second-order valence-electron chi connectivity index (χ2n) is 5.91. The quantitative estimate of drug-likeness (QED) is 0.590. The minimum absolute atomic E-state index is 0.693. The Morgan fingerprint density at radius 3 is 2.65 bits per heavy atom. The molecule has 0 aromatic heterocycles. The van der Waals surface area contributed by atoms with E-state index in [4.69, 9.17) is 0 Å². The second kappa shape index (κ2) is 8.93. The number of nitrogens with one attached hydrogen (secondary N) is 1. The van der Waals surface area contributed by atoms with E-state index >= 15 is 0 Å². The fourth-order valence-corrected chi connectivity index (χ4v) is 2.51. The van der Waals surface area contributed by atoms with Gasteiger partial charge in [0.1, 0.15) is 0 Å². The maximum Gasteiger partial charge on any atom is 0.0104 e. The van der Waals surface area contributed by atoms with E-state index < -0.39 is 0 Å². The minimum atomic E-state index is 0.693. The molecule has 1 aliphatic rings. The van der Waals surface area contributed by atoms with E-state index in [9.17, 15) is 0 Å². The van der Waals surface area contributed by atoms with Crippen molar-refractivity contribution in [2.24, 2.45) is 5.92 Å². The predicted molar refractivity (Wildman–Crippen MR) is 76.4 cm³/mol. The summed E-state index contributed by atoms with van der Waals surface area (Å²) in [6.45, 7) is 8.26. The van der Waals surface area contributed by atoms with Crippen LogP contribution in [-0.4, -0.2) is 37.6 Å². The molecule has 1 aliphatic carbocycles. The lowest BCUT2D eigenvalue weighted by atomic mass is 9.85. The summed E-state index contributed by atoms with van der Waals surface area (Å²) >= 11 is 0. The van der Waals surface area contributed by atoms with E-state index in [1.54, 1.807) is 0 Å². The average molecular weight is 240 g/mol. The maximum absolute atomic E-state index is 3.64. The van der Waals surface area contributed by atoms with Crippen LogP contribution >= 0.6 is 0 Å². The molecule has 0 radical (unpaired) electrons. The fraction of sp³-hybridized carbons (Fsp3) is 1.00. The van der Waals surface area contributed by atoms with Crippen LogP contribution in [0.15, 0.2) is 0 Å². The van der Waals surface area contributed by atoms with Crippen LogP contribution in [0.1, 0.15) is 58.8 Å². The predicted octanol–water partition coefficient (Wildman–Crippen LogP) is 3.28. The Morgan fingerprint density at radius 1 is 1.29 bits per heavy atom. The molecule has 102 valence electrons. The summed E-state index contributed by atoms with van der Waals surface area (Å²) in [6, 6.07) is 0.693. The molecule has 17 heavy (non-hydrogen) atoms. The molecule has 0 saturated heterocycles. The lowest BCUT2D eigenvalue weighted by molar-refractivity contribution is 0.204. The Balaban J connectivity index is 1.90. The van der Waals surface area contributed by atoms with Crippen LogP contribution in [0, 0.1) is 5.92 Å². The maximum atomic E-state index is 3.64. The largest absolute Gasteiger partial charge is 0.313 e. The van der Waals surface area contributed by atoms with E-state index in [0.717, 1.165) is 12.5 Å². The lowest BCUT2D eigenvalue weighted by Crippen LogP contribution is -2.37. The van der Waals surface area contributed by atoms with Gasteiger partial charge in [0.05, 0.1) is 0 Å². The molecule has 0 heterocycles. The molecule has 1 N–H and O–H groups in total. The van der Waals surface area contributed by atoms with Gasteiger partial charge in [-0.2, -0.15) is 0 Å². The molecule has 0 spiro atoms. The molecule has 0 aliphatic heterocycles. The highest BCUT2D eigenvalue weighted by molar-refractivity contribution is 4.73. The molecule has 2 nitrogen and oxygen atoms in total. The third-order valence-electron chi connectivity index (χ3n) is 4.02. The van der Waals surface area contributed by atoms with Gasteiger partial charge in [0.25, 0.3) is 0 Å². The summed E-state index contributed by atoms with van der Waals surface area (Å²) in [5.41, 5.74) is 0. The van der Waals surface area contributed by atoms with Gasteiger partial charge in [0.2, 0.25) is 0 Å². The van der Waals surface area contributed by atoms with Crippen LogP contribution in [0.5, 0.6) is 0 Å². The number of hydrogen-bond donors (Lipinski definition) is 1. The zero-order valence-electron chi connectivity index (χ0n) is 12.2. The zero-order chi connectivity index (χ0) is 12.5. The number of nitrogens with zero attached hydrogens (tertiary/aromatic N) is 1. The Kier molecular flexibility index (Phi) is 7.87. The number of hydrogen-bond acceptors (Lipinski definition) is 2. The Hall–Kier alpha value is -0.0800. The molecule has 0 aromatic rings. The smallest absolute Gasteiger partial charge is 0.0104 e. The Morgan fingerprint density at radius 2 is 2.06 bits per heavy atom. The Bertz CT molecular complexity index is 178. The van der Waals surface area contributed by atoms with Crippen molar-refractivity contribution in [1.82, 2.24) is 10.2 Å². The van der Waals surface area contributed by atoms with Gasteiger partial charge in [0.15, 0.2) is 0 Å². The van der Waals surface area contributed by atoms with Gasteiger partial charge in [-0.15, -0.1) is 0 Å². The van der Waals surface area contributed by atoms with Crippen molar-refractivity contribution in [3.63, 3.8) is 0 Å². The minimum Gasteiger partial charge on any atom is -0.313 e. The van der Waals surface area contributed by atoms with E-state index in [1.165, 1.54) is 58.0 Å². The molecule has 0 aromatic carbocycles. The molecular formula is C15H32N2. The van der Waals surface area contributed by atoms with Gasteiger partial charge < -0.3 is 10.2 Å². The zero-order valence-corrected chi connectivity index (χ0v) is 12.2. The number of likely N-dealkylation sites (N-methyl/N-ethyl adjacent to an activating group) is 1. The summed E-state index contributed by atoms with van der Waals surface area (Å²) < 4.78 is 0. The summed E-state index contributed by atoms with van der Waals surface area (Å²) in [5, 5.41) is 3.64. The summed E-state index contributed by atoms with van der Waals surface area (Å²) in [7, 11) is 2.27. The number of unbranched alkanes of at least 4 members (excludes halogenated alkanes) is 2. The summed E-state index contributed by atoms with van der Waals surface area (Å²) in [4.78, 5) is 2.50. The third kappa shape index (κ3) is 7.05. The number of rotatable bonds is 10. The van der Waals surface area contributed by atoms with Crippen molar-refractivity contribution >= 4 is 0 Å². The highest BCUT2D eigenvalue weighted by atomic mass is 15.1. The van der Waals surface area contributed by atoms with E-state index in [2.05, 4.69) is 31.1 Å². The first-order valence-corrected chi connectivity index (χ1v) is 7.64. The highest BCUT2D eigenvalue weighted by Gasteiger charge is 2.18. The normalized spacial score (nSPS) is 18.4. The summed E-state index contributed by atoms with van der Waals surface area (Å²) in [5.74, 6) is 1.00. The molecule has 1 unspecified atom stereocenters. The standard InChI is InChI=1S/C15H32N2/c1-4-5-6-8-14(2)16-11-12-17(3)13-15-9-7-10-15/h14-16H,4-13H2,1-3H3. The first-order valence-electron chi connectivity index (χ1n) is 7.64. The fourth-order valence-electron chi connectivity index (χ4n) is 2.51. The van der Waals surface area contributed by atoms with Crippen molar-refractivity contribution in [2.75, 3.05) is 26.7 Å². The average Bonchev–Trinajstić information content (AvgIpc) is 2.24. The van der Waals surface area contributed by atoms with Crippen LogP contribution < -0.4 is 5.32 Å². The molecule has 0 bridgehead atoms. The molecule has 1 rings (SSSR count). The lowest BCUT2D eigenvalue weighted by Gasteiger charge is -2.30. The van der Waals surface area contributed by atoms with Crippen molar-refractivity contribution < 1.29 is 0 Å². The third-order valence-corrected chi connectivity index (χ3v) is 4.02. The Labute approximate surface area is 108 Å². The van der Waals surface area contributed by atoms with Crippen LogP contribution in [-0.2, 0) is 0 Å². The van der Waals surface area contributed by atoms with Crippen LogP contribution in [0.4, 0.5) is 0 Å². The molecule has 1 fully saturated rings. The van der Waals surface area contributed by atoms with Gasteiger partial charge in [-0.05, 0) is 39.2 Å². The SMILES string of the molecule is CCCCCC(C)NCCN(C)CC1CCC1. The molecule has 2 heteroatoms.